The van der Waals surface area contributed by atoms with Crippen LogP contribution < -0.4 is 0 Å². The third kappa shape index (κ3) is 11.3. The van der Waals surface area contributed by atoms with Crippen LogP contribution in [0.25, 0.3) is 0 Å². The molecule has 0 aliphatic carbocycles. The molecule has 0 saturated heterocycles. The lowest BCUT2D eigenvalue weighted by Gasteiger charge is -2.19. The van der Waals surface area contributed by atoms with E-state index in [0.29, 0.717) is 25.4 Å². The highest BCUT2D eigenvalue weighted by Gasteiger charge is 2.16. The number of unbranched alkanes of at least 4 members (excludes halogenated alkanes) is 3. The van der Waals surface area contributed by atoms with E-state index in [1.54, 1.807) is 0 Å². The summed E-state index contributed by atoms with van der Waals surface area (Å²) >= 11 is 0. The molecular formula is C17H32O4. The Balaban J connectivity index is 3.64. The summed E-state index contributed by atoms with van der Waals surface area (Å²) in [6.07, 6.45) is 6.25. The van der Waals surface area contributed by atoms with Gasteiger partial charge in [-0.3, -0.25) is 9.59 Å². The molecule has 0 saturated carbocycles. The molecule has 0 aliphatic heterocycles. The number of rotatable bonds is 12. The average Bonchev–Trinajstić information content (AvgIpc) is 2.44. The molecule has 0 N–H and O–H groups in total. The first-order chi connectivity index (χ1) is 10.0. The van der Waals surface area contributed by atoms with Gasteiger partial charge >= 0.3 is 11.9 Å². The highest BCUT2D eigenvalue weighted by Crippen LogP contribution is 2.12. The van der Waals surface area contributed by atoms with Crippen LogP contribution in [0.2, 0.25) is 0 Å². The van der Waals surface area contributed by atoms with Crippen molar-refractivity contribution in [3.63, 3.8) is 0 Å². The first-order valence-corrected chi connectivity index (χ1v) is 8.36. The summed E-state index contributed by atoms with van der Waals surface area (Å²) in [5.74, 6) is -0.103. The van der Waals surface area contributed by atoms with Crippen LogP contribution in [0, 0.1) is 5.92 Å². The fraction of sp³-hybridized carbons (Fsp3) is 0.882. The first kappa shape index (κ1) is 19.9. The summed E-state index contributed by atoms with van der Waals surface area (Å²) in [4.78, 5) is 23.1. The summed E-state index contributed by atoms with van der Waals surface area (Å²) in [7, 11) is 0. The molecule has 4 nitrogen and oxygen atoms in total. The van der Waals surface area contributed by atoms with Gasteiger partial charge in [-0.2, -0.15) is 0 Å². The summed E-state index contributed by atoms with van der Waals surface area (Å²) in [5, 5.41) is 0. The van der Waals surface area contributed by atoms with Crippen molar-refractivity contribution in [2.45, 2.75) is 85.2 Å². The number of carbonyl (C=O) groups excluding carboxylic acids is 2. The van der Waals surface area contributed by atoms with Crippen LogP contribution in [0.1, 0.15) is 79.1 Å². The van der Waals surface area contributed by atoms with Gasteiger partial charge in [0.2, 0.25) is 0 Å². The van der Waals surface area contributed by atoms with Crippen LogP contribution in [0.4, 0.5) is 0 Å². The smallest absolute Gasteiger partial charge is 0.306 e. The van der Waals surface area contributed by atoms with Gasteiger partial charge in [0.25, 0.3) is 0 Å². The number of ether oxygens (including phenoxy) is 2. The van der Waals surface area contributed by atoms with Crippen molar-refractivity contribution in [2.75, 3.05) is 6.61 Å². The topological polar surface area (TPSA) is 52.6 Å². The van der Waals surface area contributed by atoms with E-state index in [1.165, 1.54) is 12.8 Å². The van der Waals surface area contributed by atoms with E-state index in [1.807, 2.05) is 20.8 Å². The van der Waals surface area contributed by atoms with Gasteiger partial charge in [-0.15, -0.1) is 0 Å². The summed E-state index contributed by atoms with van der Waals surface area (Å²) < 4.78 is 10.5. The molecule has 0 heterocycles. The number of esters is 2. The Morgan fingerprint density at radius 3 is 2.14 bits per heavy atom. The Morgan fingerprint density at radius 1 is 0.905 bits per heavy atom. The van der Waals surface area contributed by atoms with Crippen molar-refractivity contribution in [1.29, 1.82) is 0 Å². The van der Waals surface area contributed by atoms with Crippen molar-refractivity contribution >= 4 is 11.9 Å². The molecule has 0 aromatic rings. The quantitative estimate of drug-likeness (QED) is 0.399. The zero-order valence-electron chi connectivity index (χ0n) is 14.2. The van der Waals surface area contributed by atoms with Crippen molar-refractivity contribution in [2.24, 2.45) is 5.92 Å². The molecule has 0 rings (SSSR count). The molecule has 0 aromatic carbocycles. The Labute approximate surface area is 129 Å². The molecule has 0 fully saturated rings. The first-order valence-electron chi connectivity index (χ1n) is 8.36. The molecule has 0 amide bonds. The minimum absolute atomic E-state index is 0.0250. The lowest BCUT2D eigenvalue weighted by molar-refractivity contribution is -0.151. The van der Waals surface area contributed by atoms with E-state index in [9.17, 15) is 9.59 Å². The van der Waals surface area contributed by atoms with Gasteiger partial charge in [-0.05, 0) is 25.2 Å². The molecule has 1 unspecified atom stereocenters. The van der Waals surface area contributed by atoms with E-state index >= 15 is 0 Å². The number of hydrogen-bond donors (Lipinski definition) is 0. The third-order valence-corrected chi connectivity index (χ3v) is 3.45. The Kier molecular flexibility index (Phi) is 12.0. The molecule has 21 heavy (non-hydrogen) atoms. The summed E-state index contributed by atoms with van der Waals surface area (Å²) in [5.41, 5.74) is 0. The number of hydrogen-bond acceptors (Lipinski definition) is 4. The molecule has 0 radical (unpaired) electrons. The van der Waals surface area contributed by atoms with Gasteiger partial charge in [-0.25, -0.2) is 0 Å². The van der Waals surface area contributed by atoms with Gasteiger partial charge in [0.15, 0.2) is 0 Å². The summed E-state index contributed by atoms with van der Waals surface area (Å²) in [6.45, 7) is 8.73. The van der Waals surface area contributed by atoms with Gasteiger partial charge in [0.1, 0.15) is 6.10 Å². The van der Waals surface area contributed by atoms with E-state index in [2.05, 4.69) is 6.92 Å². The second-order valence-electron chi connectivity index (χ2n) is 5.82. The molecule has 4 heteroatoms. The highest BCUT2D eigenvalue weighted by molar-refractivity contribution is 5.72. The second kappa shape index (κ2) is 12.7. The van der Waals surface area contributed by atoms with Crippen molar-refractivity contribution in [3.8, 4) is 0 Å². The van der Waals surface area contributed by atoms with E-state index < -0.39 is 0 Å². The van der Waals surface area contributed by atoms with Crippen LogP contribution in [0.15, 0.2) is 0 Å². The highest BCUT2D eigenvalue weighted by atomic mass is 16.5. The standard InChI is InChI=1S/C17H32O4/c1-5-7-8-9-13-20-16(18)11-10-12-17(19)21-15(6-2)14(3)4/h14-15H,5-13H2,1-4H3. The zero-order valence-corrected chi connectivity index (χ0v) is 14.2. The largest absolute Gasteiger partial charge is 0.466 e. The monoisotopic (exact) mass is 300 g/mol. The fourth-order valence-electron chi connectivity index (χ4n) is 2.08. The minimum Gasteiger partial charge on any atom is -0.466 e. The average molecular weight is 300 g/mol. The van der Waals surface area contributed by atoms with Crippen LogP contribution in [0.3, 0.4) is 0 Å². The van der Waals surface area contributed by atoms with Gasteiger partial charge in [0, 0.05) is 12.8 Å². The molecular weight excluding hydrogens is 268 g/mol. The van der Waals surface area contributed by atoms with E-state index in [-0.39, 0.29) is 24.5 Å². The predicted octanol–water partition coefficient (Wildman–Crippen LogP) is 4.26. The van der Waals surface area contributed by atoms with Crippen LogP contribution in [-0.2, 0) is 19.1 Å². The fourth-order valence-corrected chi connectivity index (χ4v) is 2.08. The Morgan fingerprint density at radius 2 is 1.57 bits per heavy atom. The van der Waals surface area contributed by atoms with Crippen molar-refractivity contribution in [1.82, 2.24) is 0 Å². The van der Waals surface area contributed by atoms with Gasteiger partial charge in [0.05, 0.1) is 6.61 Å². The lowest BCUT2D eigenvalue weighted by Crippen LogP contribution is -2.22. The van der Waals surface area contributed by atoms with Crippen LogP contribution in [-0.4, -0.2) is 24.6 Å². The van der Waals surface area contributed by atoms with Gasteiger partial charge in [-0.1, -0.05) is 47.0 Å². The van der Waals surface area contributed by atoms with Crippen LogP contribution in [0.5, 0.6) is 0 Å². The lowest BCUT2D eigenvalue weighted by atomic mass is 10.1. The van der Waals surface area contributed by atoms with Gasteiger partial charge < -0.3 is 9.47 Å². The summed E-state index contributed by atoms with van der Waals surface area (Å²) in [6, 6.07) is 0. The second-order valence-corrected chi connectivity index (χ2v) is 5.82. The molecule has 0 aliphatic rings. The third-order valence-electron chi connectivity index (χ3n) is 3.45. The maximum Gasteiger partial charge on any atom is 0.306 e. The SMILES string of the molecule is CCCCCCOC(=O)CCCC(=O)OC(CC)C(C)C. The maximum absolute atomic E-state index is 11.7. The Hall–Kier alpha value is -1.06. The van der Waals surface area contributed by atoms with Crippen molar-refractivity contribution < 1.29 is 19.1 Å². The van der Waals surface area contributed by atoms with E-state index in [4.69, 9.17) is 9.47 Å². The minimum atomic E-state index is -0.216. The van der Waals surface area contributed by atoms with Crippen LogP contribution >= 0.6 is 0 Å². The Bertz CT molecular complexity index is 287. The molecule has 1 atom stereocenters. The maximum atomic E-state index is 11.7. The van der Waals surface area contributed by atoms with Crippen molar-refractivity contribution in [3.05, 3.63) is 0 Å². The number of carbonyl (C=O) groups is 2. The molecule has 0 aromatic heterocycles. The molecule has 0 bridgehead atoms. The normalized spacial score (nSPS) is 12.2. The molecule has 124 valence electrons. The van der Waals surface area contributed by atoms with E-state index in [0.717, 1.165) is 19.3 Å². The predicted molar refractivity (Wildman–Crippen MR) is 84.0 cm³/mol. The zero-order chi connectivity index (χ0) is 16.1. The molecule has 0 spiro atoms.